The molecule has 8 heteroatoms. The fourth-order valence-electron chi connectivity index (χ4n) is 1.93. The van der Waals surface area contributed by atoms with Crippen LogP contribution >= 0.6 is 7.14 Å². The minimum Gasteiger partial charge on any atom is -0.383 e. The van der Waals surface area contributed by atoms with Crippen molar-refractivity contribution in [2.75, 3.05) is 26.4 Å². The van der Waals surface area contributed by atoms with Crippen molar-refractivity contribution in [3.05, 3.63) is 12.0 Å². The Balaban J connectivity index is 2.54. The zero-order chi connectivity index (χ0) is 15.9. The molecule has 0 aromatic rings. The predicted molar refractivity (Wildman–Crippen MR) is 84.0 cm³/mol. The second-order valence-corrected chi connectivity index (χ2v) is 8.89. The van der Waals surface area contributed by atoms with Crippen LogP contribution in [0.3, 0.4) is 0 Å². The van der Waals surface area contributed by atoms with Crippen molar-refractivity contribution in [2.45, 2.75) is 32.0 Å². The minimum atomic E-state index is -2.34. The number of hydroxylamine groups is 2. The molecule has 1 aliphatic heterocycles. The van der Waals surface area contributed by atoms with Gasteiger partial charge in [-0.3, -0.25) is 15.3 Å². The maximum Gasteiger partial charge on any atom is 0.266 e. The fraction of sp³-hybridized carbons (Fsp3) is 0.692. The number of nitrogens with zero attached hydrogens (tertiary/aromatic N) is 2. The number of aliphatic imine (C=N–C) groups is 1. The van der Waals surface area contributed by atoms with Crippen molar-refractivity contribution in [3.63, 3.8) is 0 Å². The van der Waals surface area contributed by atoms with Crippen molar-refractivity contribution in [2.24, 2.45) is 4.99 Å². The highest BCUT2D eigenvalue weighted by Crippen LogP contribution is 2.43. The van der Waals surface area contributed by atoms with E-state index in [-0.39, 0.29) is 18.1 Å². The molecule has 0 spiro atoms. The number of hydrogen-bond donors (Lipinski definition) is 3. The quantitative estimate of drug-likeness (QED) is 0.357. The van der Waals surface area contributed by atoms with E-state index in [1.165, 1.54) is 6.20 Å². The Morgan fingerprint density at radius 3 is 2.86 bits per heavy atom. The number of unbranched alkanes of at least 4 members (excludes halogenated alkanes) is 1. The summed E-state index contributed by atoms with van der Waals surface area (Å²) in [6.45, 7) is 5.97. The third-order valence-electron chi connectivity index (χ3n) is 3.19. The van der Waals surface area contributed by atoms with E-state index in [9.17, 15) is 14.6 Å². The molecule has 3 N–H and O–H groups in total. The molecule has 0 saturated carbocycles. The predicted octanol–water partition coefficient (Wildman–Crippen LogP) is 1.41. The molecule has 0 saturated heterocycles. The van der Waals surface area contributed by atoms with Gasteiger partial charge in [0.15, 0.2) is 5.82 Å². The van der Waals surface area contributed by atoms with Crippen molar-refractivity contribution in [1.29, 1.82) is 0 Å². The van der Waals surface area contributed by atoms with Gasteiger partial charge in [0.2, 0.25) is 0 Å². The van der Waals surface area contributed by atoms with Crippen molar-refractivity contribution in [1.82, 2.24) is 15.7 Å². The van der Waals surface area contributed by atoms with Crippen LogP contribution in [0, 0.1) is 0 Å². The number of nitrogens with one attached hydrogen (secondary N) is 2. The summed E-state index contributed by atoms with van der Waals surface area (Å²) in [4.78, 5) is 15.9. The second kappa shape index (κ2) is 8.32. The average Bonchev–Trinajstić information content (AvgIpc) is 2.45. The van der Waals surface area contributed by atoms with Gasteiger partial charge in [0, 0.05) is 12.4 Å². The smallest absolute Gasteiger partial charge is 0.266 e. The van der Waals surface area contributed by atoms with E-state index in [1.807, 2.05) is 0 Å². The molecule has 21 heavy (non-hydrogen) atoms. The molecule has 120 valence electrons. The first-order valence-electron chi connectivity index (χ1n) is 7.12. The molecule has 1 unspecified atom stereocenters. The maximum atomic E-state index is 12.2. The van der Waals surface area contributed by atoms with E-state index in [0.717, 1.165) is 19.3 Å². The van der Waals surface area contributed by atoms with E-state index in [4.69, 9.17) is 0 Å². The van der Waals surface area contributed by atoms with Gasteiger partial charge in [0.1, 0.15) is 0 Å². The molecular weight excluding hydrogens is 291 g/mol. The molecule has 1 aliphatic rings. The number of rotatable bonds is 8. The third-order valence-corrected chi connectivity index (χ3v) is 5.13. The minimum absolute atomic E-state index is 0.0799. The van der Waals surface area contributed by atoms with E-state index in [1.54, 1.807) is 19.5 Å². The first kappa shape index (κ1) is 17.9. The monoisotopic (exact) mass is 316 g/mol. The summed E-state index contributed by atoms with van der Waals surface area (Å²) in [6.07, 6.45) is 5.74. The van der Waals surface area contributed by atoms with Gasteiger partial charge in [-0.15, -0.1) is 0 Å². The summed E-state index contributed by atoms with van der Waals surface area (Å²) in [6, 6.07) is 0. The Hall–Kier alpha value is -1.17. The molecular formula is C13H25N4O3P. The van der Waals surface area contributed by atoms with Gasteiger partial charge in [-0.2, -0.15) is 5.06 Å². The molecule has 0 aromatic heterocycles. The van der Waals surface area contributed by atoms with Gasteiger partial charge in [0.25, 0.3) is 5.91 Å². The molecule has 0 radical (unpaired) electrons. The van der Waals surface area contributed by atoms with E-state index >= 15 is 0 Å². The lowest BCUT2D eigenvalue weighted by Crippen LogP contribution is -2.40. The summed E-state index contributed by atoms with van der Waals surface area (Å²) in [5.41, 5.74) is 0. The molecule has 1 amide bonds. The Kier molecular flexibility index (Phi) is 7.08. The topological polar surface area (TPSA) is 94.0 Å². The van der Waals surface area contributed by atoms with Crippen LogP contribution in [0.25, 0.3) is 0 Å². The first-order chi connectivity index (χ1) is 9.86. The average molecular weight is 316 g/mol. The largest absolute Gasteiger partial charge is 0.383 e. The molecule has 1 atom stereocenters. The van der Waals surface area contributed by atoms with Crippen LogP contribution in [-0.4, -0.2) is 54.6 Å². The summed E-state index contributed by atoms with van der Waals surface area (Å²) < 4.78 is 12.2. The zero-order valence-electron chi connectivity index (χ0n) is 12.9. The van der Waals surface area contributed by atoms with Crippen LogP contribution in [0.1, 0.15) is 26.2 Å². The maximum absolute atomic E-state index is 12.2. The van der Waals surface area contributed by atoms with Gasteiger partial charge in [0.05, 0.1) is 26.0 Å². The standard InChI is InChI=1S/C13H25N4O3P/c1-4-5-6-12(21(2,3)20)16-10-13(18)17(19)11-9-14-7-8-15-11/h8-9,12,14,16,19H,4-7,10H2,1-3H3. The molecule has 0 bridgehead atoms. The summed E-state index contributed by atoms with van der Waals surface area (Å²) in [5, 5.41) is 16.1. The van der Waals surface area contributed by atoms with Crippen LogP contribution in [0.2, 0.25) is 0 Å². The zero-order valence-corrected chi connectivity index (χ0v) is 13.8. The number of amides is 1. The highest BCUT2D eigenvalue weighted by molar-refractivity contribution is 7.63. The Bertz CT molecular complexity index is 458. The molecule has 0 aromatic carbocycles. The van der Waals surface area contributed by atoms with E-state index in [2.05, 4.69) is 22.5 Å². The van der Waals surface area contributed by atoms with Gasteiger partial charge in [-0.1, -0.05) is 19.8 Å². The van der Waals surface area contributed by atoms with Crippen molar-refractivity contribution < 1.29 is 14.6 Å². The Morgan fingerprint density at radius 1 is 1.62 bits per heavy atom. The van der Waals surface area contributed by atoms with E-state index < -0.39 is 13.0 Å². The normalized spacial score (nSPS) is 16.1. The SMILES string of the molecule is CCCCC(NCC(=O)N(O)C1=CNCC=N1)P(C)(C)=O. The van der Waals surface area contributed by atoms with Crippen LogP contribution < -0.4 is 10.6 Å². The van der Waals surface area contributed by atoms with Crippen LogP contribution in [-0.2, 0) is 9.36 Å². The summed E-state index contributed by atoms with van der Waals surface area (Å²) in [7, 11) is -2.34. The number of carbonyl (C=O) groups is 1. The molecule has 0 aliphatic carbocycles. The number of hydrogen-bond acceptors (Lipinski definition) is 6. The van der Waals surface area contributed by atoms with Gasteiger partial charge >= 0.3 is 0 Å². The highest BCUT2D eigenvalue weighted by atomic mass is 31.2. The molecule has 1 heterocycles. The lowest BCUT2D eigenvalue weighted by molar-refractivity contribution is -0.156. The second-order valence-electron chi connectivity index (χ2n) is 5.40. The molecule has 0 fully saturated rings. The van der Waals surface area contributed by atoms with Crippen molar-refractivity contribution >= 4 is 19.3 Å². The van der Waals surface area contributed by atoms with E-state index in [0.29, 0.717) is 11.6 Å². The highest BCUT2D eigenvalue weighted by Gasteiger charge is 2.24. The summed E-state index contributed by atoms with van der Waals surface area (Å²) in [5.74, 6) is -0.594. The first-order valence-corrected chi connectivity index (χ1v) is 9.79. The van der Waals surface area contributed by atoms with Crippen LogP contribution in [0.15, 0.2) is 17.0 Å². The lowest BCUT2D eigenvalue weighted by atomic mass is 10.2. The Morgan fingerprint density at radius 2 is 2.33 bits per heavy atom. The van der Waals surface area contributed by atoms with Gasteiger partial charge in [-0.25, -0.2) is 4.99 Å². The van der Waals surface area contributed by atoms with Gasteiger partial charge in [-0.05, 0) is 19.8 Å². The lowest BCUT2D eigenvalue weighted by Gasteiger charge is -2.24. The fourth-order valence-corrected chi connectivity index (χ4v) is 3.27. The number of carbonyl (C=O) groups excluding carboxylic acids is 1. The molecule has 1 rings (SSSR count). The van der Waals surface area contributed by atoms with Gasteiger partial charge < -0.3 is 9.88 Å². The van der Waals surface area contributed by atoms with Crippen LogP contribution in [0.4, 0.5) is 0 Å². The van der Waals surface area contributed by atoms with Crippen molar-refractivity contribution in [3.8, 4) is 0 Å². The van der Waals surface area contributed by atoms with Crippen LogP contribution in [0.5, 0.6) is 0 Å². The molecule has 7 nitrogen and oxygen atoms in total. The Labute approximate surface area is 125 Å². The summed E-state index contributed by atoms with van der Waals surface area (Å²) >= 11 is 0. The third kappa shape index (κ3) is 5.99.